The predicted octanol–water partition coefficient (Wildman–Crippen LogP) is 3.99. The van der Waals surface area contributed by atoms with Crippen LogP contribution in [0.4, 0.5) is 0 Å². The molecule has 0 saturated carbocycles. The molecule has 25 heavy (non-hydrogen) atoms. The number of ketones is 1. The monoisotopic (exact) mass is 354 g/mol. The normalized spacial score (nSPS) is 15.2. The highest BCUT2D eigenvalue weighted by Gasteiger charge is 2.20. The van der Waals surface area contributed by atoms with Crippen LogP contribution in [0.1, 0.15) is 46.0 Å². The van der Waals surface area contributed by atoms with Crippen molar-refractivity contribution in [2.45, 2.75) is 37.0 Å². The van der Waals surface area contributed by atoms with Crippen molar-refractivity contribution in [1.29, 1.82) is 0 Å². The van der Waals surface area contributed by atoms with Gasteiger partial charge in [0.1, 0.15) is 0 Å². The van der Waals surface area contributed by atoms with Crippen molar-refractivity contribution >= 4 is 23.5 Å². The molecule has 2 heterocycles. The third kappa shape index (κ3) is 4.28. The van der Waals surface area contributed by atoms with Crippen molar-refractivity contribution in [1.82, 2.24) is 9.88 Å². The molecule has 1 saturated heterocycles. The molecule has 1 aromatic carbocycles. The van der Waals surface area contributed by atoms with Crippen LogP contribution in [0.15, 0.2) is 47.6 Å². The van der Waals surface area contributed by atoms with Crippen molar-refractivity contribution in [2.75, 3.05) is 13.1 Å². The standard InChI is InChI=1S/C20H22N2O2S/c1-14-5-7-16(8-6-14)19(23)15(2)25-18-10-9-17(13-21-18)20(24)22-11-3-4-12-22/h5-10,13,15H,3-4,11-12H2,1-2H3. The Bertz CT molecular complexity index is 750. The molecule has 5 heteroatoms. The number of thioether (sulfide) groups is 1. The Morgan fingerprint density at radius 1 is 1.04 bits per heavy atom. The number of aromatic nitrogens is 1. The molecule has 0 spiro atoms. The fourth-order valence-corrected chi connectivity index (χ4v) is 3.73. The summed E-state index contributed by atoms with van der Waals surface area (Å²) in [6, 6.07) is 11.2. The van der Waals surface area contributed by atoms with Crippen molar-refractivity contribution in [3.8, 4) is 0 Å². The number of nitrogens with zero attached hydrogens (tertiary/aromatic N) is 2. The highest BCUT2D eigenvalue weighted by molar-refractivity contribution is 8.00. The van der Waals surface area contributed by atoms with Crippen LogP contribution in [0.3, 0.4) is 0 Å². The van der Waals surface area contributed by atoms with Crippen molar-refractivity contribution in [3.05, 3.63) is 59.3 Å². The first kappa shape index (κ1) is 17.7. The lowest BCUT2D eigenvalue weighted by atomic mass is 10.1. The van der Waals surface area contributed by atoms with Crippen molar-refractivity contribution in [3.63, 3.8) is 0 Å². The largest absolute Gasteiger partial charge is 0.339 e. The van der Waals surface area contributed by atoms with Gasteiger partial charge in [-0.25, -0.2) is 4.98 Å². The van der Waals surface area contributed by atoms with Gasteiger partial charge in [-0.2, -0.15) is 0 Å². The fraction of sp³-hybridized carbons (Fsp3) is 0.350. The third-order valence-corrected chi connectivity index (χ3v) is 5.43. The summed E-state index contributed by atoms with van der Waals surface area (Å²) in [5.41, 5.74) is 2.46. The van der Waals surface area contributed by atoms with E-state index in [-0.39, 0.29) is 16.9 Å². The molecule has 1 fully saturated rings. The molecule has 4 nitrogen and oxygen atoms in total. The molecule has 3 rings (SSSR count). The Morgan fingerprint density at radius 3 is 2.28 bits per heavy atom. The van der Waals surface area contributed by atoms with Gasteiger partial charge < -0.3 is 4.90 Å². The number of aryl methyl sites for hydroxylation is 1. The van der Waals surface area contributed by atoms with E-state index in [0.29, 0.717) is 11.1 Å². The number of hydrogen-bond acceptors (Lipinski definition) is 4. The highest BCUT2D eigenvalue weighted by atomic mass is 32.2. The summed E-state index contributed by atoms with van der Waals surface area (Å²) in [5, 5.41) is 0.529. The zero-order valence-electron chi connectivity index (χ0n) is 14.6. The Hall–Kier alpha value is -2.14. The van der Waals surface area contributed by atoms with E-state index in [9.17, 15) is 9.59 Å². The molecule has 1 aromatic heterocycles. The maximum Gasteiger partial charge on any atom is 0.255 e. The Balaban J connectivity index is 1.63. The molecule has 0 bridgehead atoms. The van der Waals surface area contributed by atoms with Crippen LogP contribution in [-0.4, -0.2) is 39.9 Å². The predicted molar refractivity (Wildman–Crippen MR) is 100 cm³/mol. The summed E-state index contributed by atoms with van der Waals surface area (Å²) in [7, 11) is 0. The van der Waals surface area contributed by atoms with Crippen LogP contribution in [0, 0.1) is 6.92 Å². The van der Waals surface area contributed by atoms with Crippen LogP contribution in [0.25, 0.3) is 0 Å². The maximum atomic E-state index is 12.5. The van der Waals surface area contributed by atoms with E-state index < -0.39 is 0 Å². The van der Waals surface area contributed by atoms with E-state index in [1.54, 1.807) is 12.3 Å². The summed E-state index contributed by atoms with van der Waals surface area (Å²) in [6.45, 7) is 5.55. The molecule has 130 valence electrons. The number of rotatable bonds is 5. The van der Waals surface area contributed by atoms with Crippen LogP contribution < -0.4 is 0 Å². The van der Waals surface area contributed by atoms with Gasteiger partial charge >= 0.3 is 0 Å². The van der Waals surface area contributed by atoms with Gasteiger partial charge in [0.15, 0.2) is 5.78 Å². The molecule has 2 aromatic rings. The first-order chi connectivity index (χ1) is 12.0. The zero-order valence-corrected chi connectivity index (χ0v) is 15.4. The number of hydrogen-bond donors (Lipinski definition) is 0. The van der Waals surface area contributed by atoms with Crippen molar-refractivity contribution in [2.24, 2.45) is 0 Å². The molecule has 0 radical (unpaired) electrons. The molecule has 1 atom stereocenters. The van der Waals surface area contributed by atoms with Crippen molar-refractivity contribution < 1.29 is 9.59 Å². The number of carbonyl (C=O) groups is 2. The van der Waals surface area contributed by atoms with Gasteiger partial charge in [0.25, 0.3) is 5.91 Å². The second-order valence-electron chi connectivity index (χ2n) is 6.37. The minimum absolute atomic E-state index is 0.0466. The summed E-state index contributed by atoms with van der Waals surface area (Å²) in [6.07, 6.45) is 3.77. The van der Waals surface area contributed by atoms with Gasteiger partial charge in [-0.3, -0.25) is 9.59 Å². The van der Waals surface area contributed by atoms with Crippen LogP contribution >= 0.6 is 11.8 Å². The average Bonchev–Trinajstić information content (AvgIpc) is 3.16. The summed E-state index contributed by atoms with van der Waals surface area (Å²) in [5.74, 6) is 0.134. The highest BCUT2D eigenvalue weighted by Crippen LogP contribution is 2.24. The fourth-order valence-electron chi connectivity index (χ4n) is 2.87. The summed E-state index contributed by atoms with van der Waals surface area (Å²) in [4.78, 5) is 31.1. The number of pyridine rings is 1. The molecular formula is C20H22N2O2S. The third-order valence-electron chi connectivity index (χ3n) is 4.38. The topological polar surface area (TPSA) is 50.3 Å². The zero-order chi connectivity index (χ0) is 17.8. The van der Waals surface area contributed by atoms with Gasteiger partial charge in [-0.1, -0.05) is 41.6 Å². The minimum atomic E-state index is -0.227. The second kappa shape index (κ2) is 7.83. The van der Waals surface area contributed by atoms with E-state index in [1.165, 1.54) is 11.8 Å². The van der Waals surface area contributed by atoms with E-state index in [4.69, 9.17) is 0 Å². The van der Waals surface area contributed by atoms with Crippen LogP contribution in [-0.2, 0) is 0 Å². The summed E-state index contributed by atoms with van der Waals surface area (Å²) < 4.78 is 0. The van der Waals surface area contributed by atoms with E-state index in [2.05, 4.69) is 4.98 Å². The quantitative estimate of drug-likeness (QED) is 0.602. The molecule has 1 unspecified atom stereocenters. The number of carbonyl (C=O) groups excluding carboxylic acids is 2. The maximum absolute atomic E-state index is 12.5. The Labute approximate surface area is 152 Å². The van der Waals surface area contributed by atoms with Crippen LogP contribution in [0.5, 0.6) is 0 Å². The van der Waals surface area contributed by atoms with Gasteiger partial charge in [0.2, 0.25) is 0 Å². The molecule has 1 amide bonds. The summed E-state index contributed by atoms with van der Waals surface area (Å²) >= 11 is 1.42. The molecular weight excluding hydrogens is 332 g/mol. The van der Waals surface area contributed by atoms with Gasteiger partial charge in [-0.05, 0) is 38.8 Å². The van der Waals surface area contributed by atoms with E-state index >= 15 is 0 Å². The molecule has 1 aliphatic heterocycles. The average molecular weight is 354 g/mol. The number of likely N-dealkylation sites (tertiary alicyclic amines) is 1. The molecule has 0 aliphatic carbocycles. The second-order valence-corrected chi connectivity index (χ2v) is 7.74. The molecule has 1 aliphatic rings. The lowest BCUT2D eigenvalue weighted by molar-refractivity contribution is 0.0792. The van der Waals surface area contributed by atoms with Gasteiger partial charge in [0, 0.05) is 24.8 Å². The molecule has 0 N–H and O–H groups in total. The van der Waals surface area contributed by atoms with Gasteiger partial charge in [0.05, 0.1) is 15.8 Å². The smallest absolute Gasteiger partial charge is 0.255 e. The van der Waals surface area contributed by atoms with E-state index in [0.717, 1.165) is 36.5 Å². The first-order valence-electron chi connectivity index (χ1n) is 8.57. The van der Waals surface area contributed by atoms with E-state index in [1.807, 2.05) is 49.1 Å². The number of amides is 1. The lowest BCUT2D eigenvalue weighted by Crippen LogP contribution is -2.27. The lowest BCUT2D eigenvalue weighted by Gasteiger charge is -2.15. The first-order valence-corrected chi connectivity index (χ1v) is 9.45. The SMILES string of the molecule is Cc1ccc(C(=O)C(C)Sc2ccc(C(=O)N3CCCC3)cn2)cc1. The van der Waals surface area contributed by atoms with Gasteiger partial charge in [-0.15, -0.1) is 0 Å². The number of benzene rings is 1. The van der Waals surface area contributed by atoms with Crippen LogP contribution in [0.2, 0.25) is 0 Å². The number of Topliss-reactive ketones (excluding diaryl/α,β-unsaturated/α-hetero) is 1. The Morgan fingerprint density at radius 2 is 1.68 bits per heavy atom. The Kier molecular flexibility index (Phi) is 5.53. The minimum Gasteiger partial charge on any atom is -0.339 e.